The van der Waals surface area contributed by atoms with E-state index in [-0.39, 0.29) is 28.2 Å². The van der Waals surface area contributed by atoms with Gasteiger partial charge in [0.15, 0.2) is 0 Å². The Labute approximate surface area is 221 Å². The zero-order valence-electron chi connectivity index (χ0n) is 20.7. The lowest BCUT2D eigenvalue weighted by Crippen LogP contribution is -2.50. The number of anilines is 2. The smallest absolute Gasteiger partial charge is 0.260 e. The largest absolute Gasteiger partial charge is 0.477 e. The summed E-state index contributed by atoms with van der Waals surface area (Å²) in [6, 6.07) is 1.72. The number of carbonyl (C=O) groups is 2. The molecule has 1 aliphatic heterocycles. The van der Waals surface area contributed by atoms with E-state index in [1.807, 2.05) is 10.9 Å². The summed E-state index contributed by atoms with van der Waals surface area (Å²) < 4.78 is 9.38. The predicted octanol–water partition coefficient (Wildman–Crippen LogP) is 4.21. The van der Waals surface area contributed by atoms with Gasteiger partial charge in [-0.05, 0) is 39.2 Å². The number of aryl methyl sites for hydroxylation is 2. The third kappa shape index (κ3) is 4.58. The van der Waals surface area contributed by atoms with E-state index in [2.05, 4.69) is 38.1 Å². The lowest BCUT2D eigenvalue weighted by Gasteiger charge is -2.39. The van der Waals surface area contributed by atoms with Crippen LogP contribution in [0.4, 0.5) is 11.4 Å². The van der Waals surface area contributed by atoms with Gasteiger partial charge in [0.2, 0.25) is 11.8 Å². The number of aromatic nitrogens is 5. The van der Waals surface area contributed by atoms with Crippen LogP contribution < -0.4 is 20.7 Å². The van der Waals surface area contributed by atoms with Crippen LogP contribution in [0.1, 0.15) is 52.9 Å². The Bertz CT molecular complexity index is 1510. The van der Waals surface area contributed by atoms with E-state index in [0.717, 1.165) is 42.1 Å². The molecule has 0 aromatic carbocycles. The number of carbonyl (C=O) groups excluding carboxylic acids is 2. The van der Waals surface area contributed by atoms with Crippen LogP contribution in [0.5, 0.6) is 5.88 Å². The van der Waals surface area contributed by atoms with Crippen molar-refractivity contribution in [2.24, 2.45) is 0 Å². The topological polar surface area (TPSA) is 127 Å². The molecule has 1 saturated carbocycles. The van der Waals surface area contributed by atoms with Crippen molar-refractivity contribution in [2.75, 3.05) is 23.8 Å². The number of nitrogens with one attached hydrogen (secondary N) is 3. The average Bonchev–Trinajstić information content (AvgIpc) is 3.57. The maximum Gasteiger partial charge on any atom is 0.260 e. The normalized spacial score (nSPS) is 16.1. The summed E-state index contributed by atoms with van der Waals surface area (Å²) in [7, 11) is 0. The highest BCUT2D eigenvalue weighted by molar-refractivity contribution is 7.21. The number of fused-ring (bicyclic) bond motifs is 2. The van der Waals surface area contributed by atoms with Gasteiger partial charge < -0.3 is 20.7 Å². The summed E-state index contributed by atoms with van der Waals surface area (Å²) in [5.74, 6) is 0.302. The van der Waals surface area contributed by atoms with Crippen LogP contribution in [0.25, 0.3) is 15.3 Å². The van der Waals surface area contributed by atoms with E-state index in [1.54, 1.807) is 36.1 Å². The standard InChI is InChI=1S/C25H28N8O3S.3H2/c1-15-19(9-16(10-26-15)30-21(34)13-27-25(2)5-3-6-25)31-22(35)18-12-29-33-14-20(37-24(18)33)17-11-28-32-7-4-8-36-23(17)32;;;/h9-12,14,27H,3-8,13H2,1-2H3,(H,30,34)(H,31,35);3*1H. The van der Waals surface area contributed by atoms with E-state index >= 15 is 0 Å². The highest BCUT2D eigenvalue weighted by Crippen LogP contribution is 2.37. The molecule has 2 amide bonds. The van der Waals surface area contributed by atoms with Crippen molar-refractivity contribution in [3.63, 3.8) is 0 Å². The first-order chi connectivity index (χ1) is 17.9. The van der Waals surface area contributed by atoms with Gasteiger partial charge in [0.1, 0.15) is 4.83 Å². The number of rotatable bonds is 7. The van der Waals surface area contributed by atoms with Crippen molar-refractivity contribution in [2.45, 2.75) is 51.6 Å². The molecule has 3 N–H and O–H groups in total. The van der Waals surface area contributed by atoms with Crippen LogP contribution in [0.3, 0.4) is 0 Å². The molecule has 6 rings (SSSR count). The molecule has 5 heterocycles. The van der Waals surface area contributed by atoms with Gasteiger partial charge in [-0.25, -0.2) is 9.20 Å². The Kier molecular flexibility index (Phi) is 5.92. The first-order valence-electron chi connectivity index (χ1n) is 12.4. The number of amides is 2. The highest BCUT2D eigenvalue weighted by Gasteiger charge is 2.31. The van der Waals surface area contributed by atoms with Crippen molar-refractivity contribution < 1.29 is 18.6 Å². The number of nitrogens with zero attached hydrogens (tertiary/aromatic N) is 5. The predicted molar refractivity (Wildman–Crippen MR) is 147 cm³/mol. The first kappa shape index (κ1) is 23.6. The molecular formula is C25H34N8O3S. The van der Waals surface area contributed by atoms with E-state index in [0.29, 0.717) is 34.1 Å². The molecule has 0 unspecified atom stereocenters. The molecule has 0 spiro atoms. The lowest BCUT2D eigenvalue weighted by molar-refractivity contribution is -0.115. The van der Waals surface area contributed by atoms with Gasteiger partial charge in [-0.2, -0.15) is 10.2 Å². The SMILES string of the molecule is Cc1ncc(NC(=O)CNC2(C)CCC2)cc1NC(=O)c1cnn2cc(-c3cnn4c3OCCC4)sc12.[HH].[HH].[HH]. The minimum Gasteiger partial charge on any atom is -0.477 e. The van der Waals surface area contributed by atoms with Crippen molar-refractivity contribution in [3.8, 4) is 16.3 Å². The second-order valence-corrected chi connectivity index (χ2v) is 10.8. The number of thiazole rings is 1. The van der Waals surface area contributed by atoms with Gasteiger partial charge in [-0.15, -0.1) is 11.3 Å². The molecule has 198 valence electrons. The molecule has 12 heteroatoms. The highest BCUT2D eigenvalue weighted by atomic mass is 32.1. The van der Waals surface area contributed by atoms with E-state index in [9.17, 15) is 9.59 Å². The van der Waals surface area contributed by atoms with Crippen LogP contribution in [0.2, 0.25) is 0 Å². The lowest BCUT2D eigenvalue weighted by atomic mass is 9.78. The van der Waals surface area contributed by atoms with Crippen LogP contribution in [0, 0.1) is 6.92 Å². The van der Waals surface area contributed by atoms with Gasteiger partial charge in [0, 0.05) is 29.0 Å². The van der Waals surface area contributed by atoms with Crippen LogP contribution in [-0.4, -0.2) is 54.9 Å². The molecule has 37 heavy (non-hydrogen) atoms. The second kappa shape index (κ2) is 9.27. The maximum atomic E-state index is 13.2. The van der Waals surface area contributed by atoms with Gasteiger partial charge in [-0.1, -0.05) is 0 Å². The molecule has 0 atom stereocenters. The molecule has 0 bridgehead atoms. The average molecular weight is 527 g/mol. The van der Waals surface area contributed by atoms with E-state index in [4.69, 9.17) is 4.74 Å². The van der Waals surface area contributed by atoms with Gasteiger partial charge in [-0.3, -0.25) is 14.6 Å². The van der Waals surface area contributed by atoms with E-state index in [1.165, 1.54) is 17.8 Å². The van der Waals surface area contributed by atoms with Crippen LogP contribution in [0.15, 0.2) is 30.9 Å². The molecule has 11 nitrogen and oxygen atoms in total. The molecule has 1 aliphatic carbocycles. The summed E-state index contributed by atoms with van der Waals surface area (Å²) in [6.07, 6.45) is 11.1. The molecule has 0 saturated heterocycles. The number of hydrogen-bond donors (Lipinski definition) is 3. The summed E-state index contributed by atoms with van der Waals surface area (Å²) in [5.41, 5.74) is 3.08. The maximum absolute atomic E-state index is 13.2. The third-order valence-corrected chi connectivity index (χ3v) is 8.15. The molecular weight excluding hydrogens is 492 g/mol. The Balaban J connectivity index is 0.00000147. The van der Waals surface area contributed by atoms with Crippen LogP contribution in [-0.2, 0) is 11.3 Å². The van der Waals surface area contributed by atoms with Crippen molar-refractivity contribution in [1.29, 1.82) is 0 Å². The summed E-state index contributed by atoms with van der Waals surface area (Å²) >= 11 is 1.46. The quantitative estimate of drug-likeness (QED) is 0.329. The Morgan fingerprint density at radius 1 is 1.19 bits per heavy atom. The second-order valence-electron chi connectivity index (χ2n) is 9.82. The van der Waals surface area contributed by atoms with E-state index < -0.39 is 0 Å². The first-order valence-corrected chi connectivity index (χ1v) is 13.2. The number of ether oxygens (including phenoxy) is 1. The fraction of sp³-hybridized carbons (Fsp3) is 0.400. The fourth-order valence-electron chi connectivity index (χ4n) is 4.60. The zero-order chi connectivity index (χ0) is 25.6. The fourth-order valence-corrected chi connectivity index (χ4v) is 5.66. The molecule has 0 radical (unpaired) electrons. The summed E-state index contributed by atoms with van der Waals surface area (Å²) in [4.78, 5) is 31.7. The van der Waals surface area contributed by atoms with Crippen molar-refractivity contribution >= 4 is 39.4 Å². The Morgan fingerprint density at radius 2 is 2.05 bits per heavy atom. The minimum absolute atomic E-state index is 0. The summed E-state index contributed by atoms with van der Waals surface area (Å²) in [5, 5.41) is 17.9. The Morgan fingerprint density at radius 3 is 2.86 bits per heavy atom. The molecule has 4 aromatic heterocycles. The number of hydrogen-bond acceptors (Lipinski definition) is 8. The molecule has 1 fully saturated rings. The van der Waals surface area contributed by atoms with Gasteiger partial charge in [0.25, 0.3) is 5.91 Å². The van der Waals surface area contributed by atoms with Crippen LogP contribution >= 0.6 is 11.3 Å². The van der Waals surface area contributed by atoms with Gasteiger partial charge >= 0.3 is 0 Å². The van der Waals surface area contributed by atoms with Gasteiger partial charge in [0.05, 0.1) is 64.8 Å². The van der Waals surface area contributed by atoms with Crippen molar-refractivity contribution in [3.05, 3.63) is 42.1 Å². The minimum atomic E-state index is -0.301. The zero-order valence-corrected chi connectivity index (χ0v) is 21.5. The Hall–Kier alpha value is -3.77. The summed E-state index contributed by atoms with van der Waals surface area (Å²) in [6.45, 7) is 5.66. The molecule has 4 aromatic rings. The molecule has 2 aliphatic rings. The number of pyridine rings is 1. The van der Waals surface area contributed by atoms with Crippen molar-refractivity contribution in [1.82, 2.24) is 29.7 Å². The monoisotopic (exact) mass is 526 g/mol. The third-order valence-electron chi connectivity index (χ3n) is 7.00.